The number of nitrogens with one attached hydrogen (secondary N) is 1. The Hall–Kier alpha value is -1.32. The van der Waals surface area contributed by atoms with Crippen molar-refractivity contribution in [1.82, 2.24) is 5.32 Å². The Morgan fingerprint density at radius 2 is 2.58 bits per heavy atom. The molecule has 0 aliphatic carbocycles. The predicted molar refractivity (Wildman–Crippen MR) is 45.8 cm³/mol. The lowest BCUT2D eigenvalue weighted by atomic mass is 10.2. The van der Waals surface area contributed by atoms with Crippen molar-refractivity contribution in [3.05, 3.63) is 12.0 Å². The highest BCUT2D eigenvalue weighted by atomic mass is 16.5. The van der Waals surface area contributed by atoms with E-state index in [1.54, 1.807) is 13.3 Å². The third-order valence-electron chi connectivity index (χ3n) is 1.53. The summed E-state index contributed by atoms with van der Waals surface area (Å²) >= 11 is 0. The van der Waals surface area contributed by atoms with Crippen LogP contribution in [-0.4, -0.2) is 25.3 Å². The molecule has 4 nitrogen and oxygen atoms in total. The van der Waals surface area contributed by atoms with Crippen molar-refractivity contribution < 1.29 is 9.53 Å². The molecule has 0 aromatic carbocycles. The fourth-order valence-electron chi connectivity index (χ4n) is 0.998. The Labute approximate surface area is 71.3 Å². The second-order valence-corrected chi connectivity index (χ2v) is 2.57. The van der Waals surface area contributed by atoms with Crippen LogP contribution in [0.1, 0.15) is 13.3 Å². The first-order valence-corrected chi connectivity index (χ1v) is 3.78. The van der Waals surface area contributed by atoms with Gasteiger partial charge in [-0.15, -0.1) is 0 Å². The first-order chi connectivity index (χ1) is 5.72. The van der Waals surface area contributed by atoms with E-state index >= 15 is 0 Å². The highest BCUT2D eigenvalue weighted by Gasteiger charge is 2.09. The Balaban J connectivity index is 2.43. The fraction of sp³-hybridized carbons (Fsp3) is 0.500. The quantitative estimate of drug-likeness (QED) is 0.651. The Kier molecular flexibility index (Phi) is 2.85. The van der Waals surface area contributed by atoms with Crippen molar-refractivity contribution in [2.24, 2.45) is 4.99 Å². The average Bonchev–Trinajstić information content (AvgIpc) is 2.05. The molecule has 0 fully saturated rings. The first kappa shape index (κ1) is 8.77. The summed E-state index contributed by atoms with van der Waals surface area (Å²) in [6.45, 7) is 1.49. The molecule has 0 saturated heterocycles. The van der Waals surface area contributed by atoms with Crippen LogP contribution in [0.3, 0.4) is 0 Å². The highest BCUT2D eigenvalue weighted by molar-refractivity contribution is 5.79. The van der Waals surface area contributed by atoms with E-state index in [4.69, 9.17) is 4.74 Å². The number of methoxy groups -OCH3 is 1. The maximum Gasteiger partial charge on any atom is 0.217 e. The number of hydrogen-bond acceptors (Lipinski definition) is 3. The normalized spacial score (nSPS) is 21.5. The maximum absolute atomic E-state index is 10.6. The largest absolute Gasteiger partial charge is 0.481 e. The molecule has 0 spiro atoms. The lowest BCUT2D eigenvalue weighted by molar-refractivity contribution is -0.119. The molecule has 0 saturated carbocycles. The van der Waals surface area contributed by atoms with Crippen molar-refractivity contribution in [3.8, 4) is 0 Å². The smallest absolute Gasteiger partial charge is 0.217 e. The molecule has 12 heavy (non-hydrogen) atoms. The number of carbonyl (C=O) groups is 1. The third kappa shape index (κ3) is 2.38. The van der Waals surface area contributed by atoms with Gasteiger partial charge in [0, 0.05) is 13.1 Å². The average molecular weight is 168 g/mol. The van der Waals surface area contributed by atoms with E-state index in [0.717, 1.165) is 6.42 Å². The van der Waals surface area contributed by atoms with Gasteiger partial charge in [0.2, 0.25) is 11.8 Å². The fourth-order valence-corrected chi connectivity index (χ4v) is 0.998. The lowest BCUT2D eigenvalue weighted by Crippen LogP contribution is -2.34. The molecule has 0 radical (unpaired) electrons. The minimum Gasteiger partial charge on any atom is -0.481 e. The minimum absolute atomic E-state index is 0.0152. The second-order valence-electron chi connectivity index (χ2n) is 2.57. The van der Waals surface area contributed by atoms with Gasteiger partial charge in [-0.3, -0.25) is 4.79 Å². The zero-order chi connectivity index (χ0) is 8.97. The van der Waals surface area contributed by atoms with E-state index in [-0.39, 0.29) is 11.9 Å². The molecule has 66 valence electrons. The summed E-state index contributed by atoms with van der Waals surface area (Å²) in [5, 5.41) is 2.74. The summed E-state index contributed by atoms with van der Waals surface area (Å²) in [5.74, 6) is 0.567. The van der Waals surface area contributed by atoms with Crippen LogP contribution in [0.2, 0.25) is 0 Å². The molecule has 1 amide bonds. The molecule has 1 unspecified atom stereocenters. The molecule has 1 atom stereocenters. The van der Waals surface area contributed by atoms with E-state index < -0.39 is 0 Å². The molecule has 1 heterocycles. The summed E-state index contributed by atoms with van der Waals surface area (Å²) in [6, 6.07) is 0.0152. The van der Waals surface area contributed by atoms with Crippen molar-refractivity contribution in [1.29, 1.82) is 0 Å². The van der Waals surface area contributed by atoms with Gasteiger partial charge in [0.05, 0.1) is 13.2 Å². The topological polar surface area (TPSA) is 50.7 Å². The van der Waals surface area contributed by atoms with Gasteiger partial charge in [-0.2, -0.15) is 0 Å². The number of nitrogens with zero attached hydrogens (tertiary/aromatic N) is 1. The molecular weight excluding hydrogens is 156 g/mol. The zero-order valence-corrected chi connectivity index (χ0v) is 7.20. The monoisotopic (exact) mass is 168 g/mol. The van der Waals surface area contributed by atoms with Crippen LogP contribution in [0.15, 0.2) is 17.0 Å². The first-order valence-electron chi connectivity index (χ1n) is 3.78. The van der Waals surface area contributed by atoms with Gasteiger partial charge in [-0.25, -0.2) is 4.99 Å². The van der Waals surface area contributed by atoms with E-state index in [1.807, 2.05) is 6.08 Å². The van der Waals surface area contributed by atoms with Gasteiger partial charge in [0.1, 0.15) is 0 Å². The van der Waals surface area contributed by atoms with Gasteiger partial charge in [-0.1, -0.05) is 0 Å². The molecule has 0 bridgehead atoms. The van der Waals surface area contributed by atoms with E-state index in [1.165, 1.54) is 6.92 Å². The van der Waals surface area contributed by atoms with Gasteiger partial charge in [0.25, 0.3) is 0 Å². The minimum atomic E-state index is -0.0410. The summed E-state index contributed by atoms with van der Waals surface area (Å²) in [6.07, 6.45) is 4.27. The van der Waals surface area contributed by atoms with Gasteiger partial charge in [0.15, 0.2) is 0 Å². The molecule has 0 aromatic heterocycles. The van der Waals surface area contributed by atoms with Crippen molar-refractivity contribution in [2.45, 2.75) is 19.4 Å². The third-order valence-corrected chi connectivity index (χ3v) is 1.53. The second kappa shape index (κ2) is 3.90. The molecule has 1 N–H and O–H groups in total. The highest BCUT2D eigenvalue weighted by Crippen LogP contribution is 2.06. The predicted octanol–water partition coefficient (Wildman–Crippen LogP) is 0.453. The molecule has 1 aliphatic rings. The summed E-state index contributed by atoms with van der Waals surface area (Å²) < 4.78 is 4.89. The van der Waals surface area contributed by atoms with E-state index in [9.17, 15) is 4.79 Å². The maximum atomic E-state index is 10.6. The summed E-state index contributed by atoms with van der Waals surface area (Å²) in [7, 11) is 1.57. The number of hydrogen-bond donors (Lipinski definition) is 1. The number of amides is 1. The Morgan fingerprint density at radius 3 is 3.00 bits per heavy atom. The van der Waals surface area contributed by atoms with Crippen molar-refractivity contribution in [3.63, 3.8) is 0 Å². The van der Waals surface area contributed by atoms with E-state index in [0.29, 0.717) is 5.88 Å². The zero-order valence-electron chi connectivity index (χ0n) is 7.20. The van der Waals surface area contributed by atoms with Crippen LogP contribution in [0, 0.1) is 0 Å². The van der Waals surface area contributed by atoms with Gasteiger partial charge >= 0.3 is 0 Å². The molecular formula is C8H12N2O2. The molecule has 4 heteroatoms. The molecule has 0 aromatic rings. The van der Waals surface area contributed by atoms with Crippen LogP contribution in [0.4, 0.5) is 0 Å². The Bertz CT molecular complexity index is 233. The number of aliphatic imine (C=N–C) groups is 1. The molecule has 1 aliphatic heterocycles. The van der Waals surface area contributed by atoms with Crippen molar-refractivity contribution in [2.75, 3.05) is 7.11 Å². The SMILES string of the molecule is COC1=CCC(NC(C)=O)C=N1. The van der Waals surface area contributed by atoms with Crippen LogP contribution in [0.25, 0.3) is 0 Å². The van der Waals surface area contributed by atoms with Gasteiger partial charge < -0.3 is 10.1 Å². The van der Waals surface area contributed by atoms with Gasteiger partial charge in [-0.05, 0) is 12.5 Å². The summed E-state index contributed by atoms with van der Waals surface area (Å²) in [5.41, 5.74) is 0. The molecule has 1 rings (SSSR count). The number of ether oxygens (including phenoxy) is 1. The number of carbonyl (C=O) groups excluding carboxylic acids is 1. The van der Waals surface area contributed by atoms with Crippen LogP contribution in [-0.2, 0) is 9.53 Å². The summed E-state index contributed by atoms with van der Waals surface area (Å²) in [4.78, 5) is 14.6. The van der Waals surface area contributed by atoms with Crippen LogP contribution >= 0.6 is 0 Å². The lowest BCUT2D eigenvalue weighted by Gasteiger charge is -2.14. The standard InChI is InChI=1S/C8H12N2O2/c1-6(11)10-7-3-4-8(12-2)9-5-7/h4-5,7H,3H2,1-2H3,(H,10,11). The number of rotatable bonds is 2. The van der Waals surface area contributed by atoms with Crippen molar-refractivity contribution >= 4 is 12.1 Å². The van der Waals surface area contributed by atoms with Crippen LogP contribution < -0.4 is 5.32 Å². The van der Waals surface area contributed by atoms with Crippen LogP contribution in [0.5, 0.6) is 0 Å². The van der Waals surface area contributed by atoms with E-state index in [2.05, 4.69) is 10.3 Å². The Morgan fingerprint density at radius 1 is 1.83 bits per heavy atom.